The highest BCUT2D eigenvalue weighted by Crippen LogP contribution is 2.36. The van der Waals surface area contributed by atoms with Crippen LogP contribution in [0, 0.1) is 5.82 Å². The van der Waals surface area contributed by atoms with Gasteiger partial charge in [0.1, 0.15) is 18.2 Å². The van der Waals surface area contributed by atoms with Gasteiger partial charge in [-0.25, -0.2) is 4.39 Å². The smallest absolute Gasteiger partial charge is 0.417 e. The Kier molecular flexibility index (Phi) is 5.92. The van der Waals surface area contributed by atoms with Gasteiger partial charge in [0, 0.05) is 10.2 Å². The molecule has 0 saturated carbocycles. The van der Waals surface area contributed by atoms with Crippen molar-refractivity contribution in [3.63, 3.8) is 0 Å². The lowest BCUT2D eigenvalue weighted by molar-refractivity contribution is -0.138. The minimum Gasteiger partial charge on any atom is -0.490 e. The molecule has 2 aromatic carbocycles. The van der Waals surface area contributed by atoms with Crippen LogP contribution in [0.4, 0.5) is 23.2 Å². The van der Waals surface area contributed by atoms with E-state index in [4.69, 9.17) is 4.74 Å². The normalized spacial score (nSPS) is 13.8. The van der Waals surface area contributed by atoms with Crippen molar-refractivity contribution in [2.45, 2.75) is 18.7 Å². The molecule has 1 amide bonds. The maximum absolute atomic E-state index is 12.9. The second-order valence-electron chi connectivity index (χ2n) is 5.66. The molecule has 0 radical (unpaired) electrons. The Balaban J connectivity index is 2.06. The van der Waals surface area contributed by atoms with Crippen LogP contribution in [0.25, 0.3) is 0 Å². The van der Waals surface area contributed by atoms with Crippen LogP contribution in [-0.4, -0.2) is 23.2 Å². The third-order valence-electron chi connectivity index (χ3n) is 3.35. The standard InChI is InChI=1S/C17H14BrF4NO3/c1-16(25,9-26-12-5-2-10(19)3-6-12)15(24)23-11-4-7-14(18)13(8-11)17(20,21)22/h2-8,25H,9H2,1H3,(H,23,24). The molecule has 0 spiro atoms. The molecular formula is C17H14BrF4NO3. The average Bonchev–Trinajstić information content (AvgIpc) is 2.55. The van der Waals surface area contributed by atoms with Crippen LogP contribution in [0.5, 0.6) is 5.75 Å². The Morgan fingerprint density at radius 2 is 1.81 bits per heavy atom. The van der Waals surface area contributed by atoms with Gasteiger partial charge in [0.15, 0.2) is 5.60 Å². The molecule has 9 heteroatoms. The van der Waals surface area contributed by atoms with Crippen LogP contribution in [0.2, 0.25) is 0 Å². The van der Waals surface area contributed by atoms with Gasteiger partial charge in [-0.15, -0.1) is 0 Å². The molecule has 2 aromatic rings. The number of carbonyl (C=O) groups is 1. The van der Waals surface area contributed by atoms with Crippen molar-refractivity contribution in [1.29, 1.82) is 0 Å². The van der Waals surface area contributed by atoms with Gasteiger partial charge in [-0.3, -0.25) is 4.79 Å². The number of hydrogen-bond acceptors (Lipinski definition) is 3. The first kappa shape index (κ1) is 20.2. The number of alkyl halides is 3. The number of ether oxygens (including phenoxy) is 1. The summed E-state index contributed by atoms with van der Waals surface area (Å²) in [6.07, 6.45) is -4.60. The fourth-order valence-electron chi connectivity index (χ4n) is 1.91. The summed E-state index contributed by atoms with van der Waals surface area (Å²) in [7, 11) is 0. The third-order valence-corrected chi connectivity index (χ3v) is 4.04. The molecule has 0 bridgehead atoms. The van der Waals surface area contributed by atoms with E-state index in [2.05, 4.69) is 21.2 Å². The Morgan fingerprint density at radius 3 is 2.38 bits per heavy atom. The van der Waals surface area contributed by atoms with Crippen molar-refractivity contribution in [3.05, 3.63) is 58.3 Å². The number of aliphatic hydroxyl groups is 1. The fraction of sp³-hybridized carbons (Fsp3) is 0.235. The Hall–Kier alpha value is -2.13. The molecular weight excluding hydrogens is 422 g/mol. The topological polar surface area (TPSA) is 58.6 Å². The monoisotopic (exact) mass is 435 g/mol. The lowest BCUT2D eigenvalue weighted by atomic mass is 10.1. The van der Waals surface area contributed by atoms with E-state index in [1.165, 1.54) is 18.2 Å². The highest BCUT2D eigenvalue weighted by molar-refractivity contribution is 9.10. The first-order chi connectivity index (χ1) is 12.0. The summed E-state index contributed by atoms with van der Waals surface area (Å²) in [5.74, 6) is -1.20. The number of nitrogens with one attached hydrogen (secondary N) is 1. The Bertz CT molecular complexity index is 792. The van der Waals surface area contributed by atoms with E-state index < -0.39 is 35.7 Å². The molecule has 4 nitrogen and oxygen atoms in total. The van der Waals surface area contributed by atoms with Crippen molar-refractivity contribution >= 4 is 27.5 Å². The van der Waals surface area contributed by atoms with E-state index in [9.17, 15) is 27.5 Å². The van der Waals surface area contributed by atoms with Gasteiger partial charge < -0.3 is 15.2 Å². The summed E-state index contributed by atoms with van der Waals surface area (Å²) < 4.78 is 56.6. The van der Waals surface area contributed by atoms with Gasteiger partial charge >= 0.3 is 6.18 Å². The molecule has 26 heavy (non-hydrogen) atoms. The van der Waals surface area contributed by atoms with Gasteiger partial charge in [-0.1, -0.05) is 15.9 Å². The number of benzene rings is 2. The molecule has 0 aromatic heterocycles. The van der Waals surface area contributed by atoms with E-state index in [1.54, 1.807) is 0 Å². The van der Waals surface area contributed by atoms with Crippen molar-refractivity contribution in [1.82, 2.24) is 0 Å². The van der Waals surface area contributed by atoms with Crippen LogP contribution in [0.15, 0.2) is 46.9 Å². The Morgan fingerprint density at radius 1 is 1.19 bits per heavy atom. The van der Waals surface area contributed by atoms with Gasteiger partial charge in [-0.2, -0.15) is 13.2 Å². The second kappa shape index (κ2) is 7.63. The predicted octanol–water partition coefficient (Wildman–Crippen LogP) is 4.38. The highest BCUT2D eigenvalue weighted by atomic mass is 79.9. The zero-order valence-corrected chi connectivity index (χ0v) is 15.0. The molecule has 0 saturated heterocycles. The highest BCUT2D eigenvalue weighted by Gasteiger charge is 2.35. The average molecular weight is 436 g/mol. The van der Waals surface area contributed by atoms with Crippen molar-refractivity contribution < 1.29 is 32.2 Å². The molecule has 1 atom stereocenters. The van der Waals surface area contributed by atoms with Crippen molar-refractivity contribution in [2.75, 3.05) is 11.9 Å². The van der Waals surface area contributed by atoms with E-state index in [0.29, 0.717) is 0 Å². The number of amides is 1. The van der Waals surface area contributed by atoms with Crippen molar-refractivity contribution in [2.24, 2.45) is 0 Å². The van der Waals surface area contributed by atoms with Crippen LogP contribution in [0.1, 0.15) is 12.5 Å². The minimum absolute atomic E-state index is 0.132. The largest absolute Gasteiger partial charge is 0.490 e. The molecule has 0 aliphatic heterocycles. The summed E-state index contributed by atoms with van der Waals surface area (Å²) in [5, 5.41) is 12.4. The number of rotatable bonds is 5. The molecule has 0 fully saturated rings. The predicted molar refractivity (Wildman–Crippen MR) is 90.3 cm³/mol. The molecule has 0 aliphatic rings. The molecule has 2 N–H and O–H groups in total. The third kappa shape index (κ3) is 5.18. The van der Waals surface area contributed by atoms with E-state index in [1.807, 2.05) is 0 Å². The van der Waals surface area contributed by atoms with Gasteiger partial charge in [0.2, 0.25) is 0 Å². The molecule has 0 aliphatic carbocycles. The molecule has 140 valence electrons. The second-order valence-corrected chi connectivity index (χ2v) is 6.52. The number of hydrogen-bond donors (Lipinski definition) is 2. The summed E-state index contributed by atoms with van der Waals surface area (Å²) in [5.41, 5.74) is -3.12. The van der Waals surface area contributed by atoms with Crippen LogP contribution < -0.4 is 10.1 Å². The Labute approximate surface area is 154 Å². The summed E-state index contributed by atoms with van der Waals surface area (Å²) in [6.45, 7) is 0.669. The SMILES string of the molecule is CC(O)(COc1ccc(F)cc1)C(=O)Nc1ccc(Br)c(C(F)(F)F)c1. The summed E-state index contributed by atoms with van der Waals surface area (Å²) in [4.78, 5) is 12.2. The summed E-state index contributed by atoms with van der Waals surface area (Å²) in [6, 6.07) is 8.06. The number of anilines is 1. The quantitative estimate of drug-likeness (QED) is 0.685. The minimum atomic E-state index is -4.60. The first-order valence-corrected chi connectivity index (χ1v) is 8.07. The molecule has 2 rings (SSSR count). The van der Waals surface area contributed by atoms with E-state index >= 15 is 0 Å². The molecule has 1 unspecified atom stereocenters. The molecule has 0 heterocycles. The lowest BCUT2D eigenvalue weighted by Crippen LogP contribution is -2.45. The zero-order valence-electron chi connectivity index (χ0n) is 13.4. The fourth-order valence-corrected chi connectivity index (χ4v) is 2.38. The van der Waals surface area contributed by atoms with E-state index in [-0.39, 0.29) is 15.9 Å². The van der Waals surface area contributed by atoms with Gasteiger partial charge in [0.25, 0.3) is 5.91 Å². The maximum atomic E-state index is 12.9. The van der Waals surface area contributed by atoms with Gasteiger partial charge in [0.05, 0.1) is 5.56 Å². The van der Waals surface area contributed by atoms with Crippen molar-refractivity contribution in [3.8, 4) is 5.75 Å². The summed E-state index contributed by atoms with van der Waals surface area (Å²) >= 11 is 2.80. The maximum Gasteiger partial charge on any atom is 0.417 e. The number of carbonyl (C=O) groups excluding carboxylic acids is 1. The van der Waals surface area contributed by atoms with Crippen LogP contribution >= 0.6 is 15.9 Å². The zero-order chi connectivity index (χ0) is 19.5. The first-order valence-electron chi connectivity index (χ1n) is 7.28. The number of halogens is 5. The van der Waals surface area contributed by atoms with Gasteiger partial charge in [-0.05, 0) is 49.4 Å². The van der Waals surface area contributed by atoms with Crippen LogP contribution in [0.3, 0.4) is 0 Å². The lowest BCUT2D eigenvalue weighted by Gasteiger charge is -2.23. The van der Waals surface area contributed by atoms with Crippen LogP contribution in [-0.2, 0) is 11.0 Å². The van der Waals surface area contributed by atoms with E-state index in [0.717, 1.165) is 31.2 Å².